The van der Waals surface area contributed by atoms with Crippen molar-refractivity contribution in [1.82, 2.24) is 10.3 Å². The molecule has 0 spiro atoms. The first-order valence-corrected chi connectivity index (χ1v) is 6.28. The van der Waals surface area contributed by atoms with E-state index in [-0.39, 0.29) is 5.91 Å². The van der Waals surface area contributed by atoms with Crippen LogP contribution >= 0.6 is 15.9 Å². The summed E-state index contributed by atoms with van der Waals surface area (Å²) in [5.41, 5.74) is 0.642. The van der Waals surface area contributed by atoms with Crippen molar-refractivity contribution in [3.05, 3.63) is 17.3 Å². The van der Waals surface area contributed by atoms with Gasteiger partial charge in [-0.2, -0.15) is 0 Å². The summed E-state index contributed by atoms with van der Waals surface area (Å²) in [6.07, 6.45) is 1.99. The fourth-order valence-electron chi connectivity index (χ4n) is 1.41. The Kier molecular flexibility index (Phi) is 4.99. The van der Waals surface area contributed by atoms with E-state index in [0.717, 1.165) is 12.8 Å². The number of nitrogens with zero attached hydrogens (tertiary/aromatic N) is 1. The lowest BCUT2D eigenvalue weighted by molar-refractivity contribution is 0.0923. The normalized spacial score (nSPS) is 12.5. The molecule has 1 atom stereocenters. The van der Waals surface area contributed by atoms with Crippen LogP contribution < -0.4 is 5.32 Å². The highest BCUT2D eigenvalue weighted by Crippen LogP contribution is 2.09. The molecule has 0 aromatic carbocycles. The molecule has 0 bridgehead atoms. The Morgan fingerprint density at radius 3 is 2.75 bits per heavy atom. The van der Waals surface area contributed by atoms with Crippen LogP contribution in [0.1, 0.15) is 41.9 Å². The third-order valence-corrected chi connectivity index (χ3v) is 2.63. The van der Waals surface area contributed by atoms with Gasteiger partial charge in [-0.3, -0.25) is 4.79 Å². The van der Waals surface area contributed by atoms with Crippen molar-refractivity contribution >= 4 is 21.8 Å². The highest BCUT2D eigenvalue weighted by Gasteiger charge is 2.14. The van der Waals surface area contributed by atoms with E-state index in [4.69, 9.17) is 4.42 Å². The van der Waals surface area contributed by atoms with E-state index in [1.54, 1.807) is 13.8 Å². The van der Waals surface area contributed by atoms with Gasteiger partial charge in [0.15, 0.2) is 5.89 Å². The highest BCUT2D eigenvalue weighted by atomic mass is 79.9. The molecule has 0 radical (unpaired) electrons. The van der Waals surface area contributed by atoms with Crippen LogP contribution in [0.3, 0.4) is 0 Å². The molecule has 1 heterocycles. The minimum absolute atomic E-state index is 0.180. The maximum absolute atomic E-state index is 11.7. The lowest BCUT2D eigenvalue weighted by atomic mass is 10.2. The summed E-state index contributed by atoms with van der Waals surface area (Å²) in [7, 11) is 0. The van der Waals surface area contributed by atoms with Crippen LogP contribution in [0, 0.1) is 13.8 Å². The number of carbonyl (C=O) groups is 1. The smallest absolute Gasteiger partial charge is 0.289 e. The average molecular weight is 289 g/mol. The van der Waals surface area contributed by atoms with Gasteiger partial charge in [-0.15, -0.1) is 0 Å². The van der Waals surface area contributed by atoms with E-state index in [0.29, 0.717) is 28.7 Å². The Hall–Kier alpha value is -0.840. The number of aromatic nitrogens is 1. The number of carbonyl (C=O) groups excluding carboxylic acids is 1. The summed E-state index contributed by atoms with van der Waals surface area (Å²) >= 11 is 3.46. The van der Waals surface area contributed by atoms with E-state index in [1.165, 1.54) is 0 Å². The van der Waals surface area contributed by atoms with E-state index >= 15 is 0 Å². The summed E-state index contributed by atoms with van der Waals surface area (Å²) in [5, 5.41) is 2.81. The minimum Gasteiger partial charge on any atom is -0.436 e. The van der Waals surface area contributed by atoms with Crippen LogP contribution in [-0.4, -0.2) is 22.3 Å². The summed E-state index contributed by atoms with van der Waals surface area (Å²) in [6, 6.07) is 0. The number of aryl methyl sites for hydroxylation is 2. The quantitative estimate of drug-likeness (QED) is 0.669. The van der Waals surface area contributed by atoms with Crippen molar-refractivity contribution < 1.29 is 9.21 Å². The van der Waals surface area contributed by atoms with Crippen LogP contribution in [0.15, 0.2) is 4.42 Å². The van der Waals surface area contributed by atoms with Crippen LogP contribution in [0.2, 0.25) is 0 Å². The van der Waals surface area contributed by atoms with Crippen LogP contribution in [0.4, 0.5) is 0 Å². The number of halogens is 1. The number of alkyl halides is 1. The van der Waals surface area contributed by atoms with E-state index in [9.17, 15) is 4.79 Å². The van der Waals surface area contributed by atoms with Crippen molar-refractivity contribution in [3.63, 3.8) is 0 Å². The van der Waals surface area contributed by atoms with E-state index in [1.807, 2.05) is 0 Å². The number of hydrogen-bond acceptors (Lipinski definition) is 3. The summed E-state index contributed by atoms with van der Waals surface area (Å²) in [6.45, 7) is 6.25. The highest BCUT2D eigenvalue weighted by molar-refractivity contribution is 9.09. The first kappa shape index (κ1) is 13.2. The molecule has 1 aromatic heterocycles. The molecule has 1 amide bonds. The van der Waals surface area contributed by atoms with Gasteiger partial charge in [0, 0.05) is 18.3 Å². The zero-order valence-electron chi connectivity index (χ0n) is 9.84. The Labute approximate surface area is 104 Å². The van der Waals surface area contributed by atoms with Gasteiger partial charge in [0.2, 0.25) is 5.76 Å². The Bertz CT molecular complexity index is 361. The topological polar surface area (TPSA) is 55.1 Å². The first-order valence-electron chi connectivity index (χ1n) is 5.37. The Balaban J connectivity index is 2.38. The lowest BCUT2D eigenvalue weighted by Gasteiger charge is -2.04. The van der Waals surface area contributed by atoms with Gasteiger partial charge in [0.05, 0.1) is 5.69 Å². The van der Waals surface area contributed by atoms with Crippen molar-refractivity contribution in [2.45, 2.75) is 38.4 Å². The molecule has 5 heteroatoms. The summed E-state index contributed by atoms with van der Waals surface area (Å²) in [5.74, 6) is 0.668. The number of rotatable bonds is 5. The van der Waals surface area contributed by atoms with Gasteiger partial charge in [0.1, 0.15) is 0 Å². The molecule has 90 valence electrons. The molecule has 0 saturated heterocycles. The number of amides is 1. The predicted molar refractivity (Wildman–Crippen MR) is 65.9 cm³/mol. The van der Waals surface area contributed by atoms with Gasteiger partial charge in [0.25, 0.3) is 5.91 Å². The molecule has 0 aliphatic carbocycles. The second kappa shape index (κ2) is 6.03. The molecular weight excluding hydrogens is 272 g/mol. The lowest BCUT2D eigenvalue weighted by Crippen LogP contribution is -2.25. The molecule has 0 saturated carbocycles. The molecule has 1 rings (SSSR count). The Morgan fingerprint density at radius 2 is 2.25 bits per heavy atom. The summed E-state index contributed by atoms with van der Waals surface area (Å²) in [4.78, 5) is 16.2. The minimum atomic E-state index is -0.180. The number of oxazole rings is 1. The monoisotopic (exact) mass is 288 g/mol. The van der Waals surface area contributed by atoms with Crippen molar-refractivity contribution in [2.24, 2.45) is 0 Å². The molecule has 0 fully saturated rings. The average Bonchev–Trinajstić information content (AvgIpc) is 2.52. The standard InChI is InChI=1S/C11H17BrN2O2/c1-7(12)5-4-6-13-11(15)10-8(2)14-9(3)16-10/h7H,4-6H2,1-3H3,(H,13,15). The second-order valence-corrected chi connectivity index (χ2v) is 5.39. The van der Waals surface area contributed by atoms with Crippen LogP contribution in [-0.2, 0) is 0 Å². The van der Waals surface area contributed by atoms with E-state index < -0.39 is 0 Å². The van der Waals surface area contributed by atoms with Gasteiger partial charge in [-0.1, -0.05) is 22.9 Å². The molecule has 0 aliphatic rings. The Morgan fingerprint density at radius 1 is 1.56 bits per heavy atom. The first-order chi connectivity index (χ1) is 7.50. The maximum Gasteiger partial charge on any atom is 0.289 e. The van der Waals surface area contributed by atoms with E-state index in [2.05, 4.69) is 33.2 Å². The third-order valence-electron chi connectivity index (χ3n) is 2.17. The van der Waals surface area contributed by atoms with Crippen LogP contribution in [0.5, 0.6) is 0 Å². The van der Waals surface area contributed by atoms with Gasteiger partial charge in [-0.05, 0) is 19.8 Å². The second-order valence-electron chi connectivity index (χ2n) is 3.83. The molecule has 0 aliphatic heterocycles. The van der Waals surface area contributed by atoms with Gasteiger partial charge >= 0.3 is 0 Å². The molecule has 1 aromatic rings. The predicted octanol–water partition coefficient (Wildman–Crippen LogP) is 2.58. The maximum atomic E-state index is 11.7. The van der Waals surface area contributed by atoms with Crippen molar-refractivity contribution in [1.29, 1.82) is 0 Å². The summed E-state index contributed by atoms with van der Waals surface area (Å²) < 4.78 is 5.22. The number of hydrogen-bond donors (Lipinski definition) is 1. The molecule has 4 nitrogen and oxygen atoms in total. The zero-order chi connectivity index (χ0) is 12.1. The molecular formula is C11H17BrN2O2. The van der Waals surface area contributed by atoms with Gasteiger partial charge in [-0.25, -0.2) is 4.98 Å². The molecule has 1 unspecified atom stereocenters. The number of nitrogens with one attached hydrogen (secondary N) is 1. The molecule has 1 N–H and O–H groups in total. The fraction of sp³-hybridized carbons (Fsp3) is 0.636. The SMILES string of the molecule is Cc1nc(C)c(C(=O)NCCCC(C)Br)o1. The third kappa shape index (κ3) is 3.96. The fourth-order valence-corrected chi connectivity index (χ4v) is 1.73. The zero-order valence-corrected chi connectivity index (χ0v) is 11.4. The van der Waals surface area contributed by atoms with Gasteiger partial charge < -0.3 is 9.73 Å². The van der Waals surface area contributed by atoms with Crippen molar-refractivity contribution in [3.8, 4) is 0 Å². The molecule has 16 heavy (non-hydrogen) atoms. The van der Waals surface area contributed by atoms with Crippen LogP contribution in [0.25, 0.3) is 0 Å². The van der Waals surface area contributed by atoms with Crippen molar-refractivity contribution in [2.75, 3.05) is 6.54 Å². The largest absolute Gasteiger partial charge is 0.436 e.